The van der Waals surface area contributed by atoms with E-state index in [1.54, 1.807) is 7.11 Å². The molecule has 1 aromatic rings. The van der Waals surface area contributed by atoms with Crippen LogP contribution in [0.2, 0.25) is 0 Å². The molecule has 21 heavy (non-hydrogen) atoms. The fourth-order valence-corrected chi connectivity index (χ4v) is 3.29. The Labute approximate surface area is 129 Å². The van der Waals surface area contributed by atoms with Gasteiger partial charge < -0.3 is 10.5 Å². The highest BCUT2D eigenvalue weighted by Gasteiger charge is 2.25. The van der Waals surface area contributed by atoms with Crippen LogP contribution in [0.5, 0.6) is 5.75 Å². The SMILES string of the molecule is COc1ccc(C(CCN)N2CCCC2)cc1C(C)(C)C. The van der Waals surface area contributed by atoms with Gasteiger partial charge in [-0.05, 0) is 67.6 Å². The van der Waals surface area contributed by atoms with Crippen molar-refractivity contribution in [3.63, 3.8) is 0 Å². The summed E-state index contributed by atoms with van der Waals surface area (Å²) < 4.78 is 5.55. The molecule has 0 amide bonds. The monoisotopic (exact) mass is 290 g/mol. The van der Waals surface area contributed by atoms with Crippen molar-refractivity contribution in [3.8, 4) is 5.75 Å². The first-order valence-corrected chi connectivity index (χ1v) is 8.10. The van der Waals surface area contributed by atoms with E-state index in [9.17, 15) is 0 Å². The van der Waals surface area contributed by atoms with Gasteiger partial charge in [-0.15, -0.1) is 0 Å². The smallest absolute Gasteiger partial charge is 0.122 e. The molecule has 2 N–H and O–H groups in total. The lowest BCUT2D eigenvalue weighted by molar-refractivity contribution is 0.235. The van der Waals surface area contributed by atoms with Crippen molar-refractivity contribution in [1.82, 2.24) is 4.90 Å². The number of likely N-dealkylation sites (tertiary alicyclic amines) is 1. The fourth-order valence-electron chi connectivity index (χ4n) is 3.29. The van der Waals surface area contributed by atoms with Crippen LogP contribution in [0, 0.1) is 0 Å². The van der Waals surface area contributed by atoms with Gasteiger partial charge in [0.25, 0.3) is 0 Å². The Bertz CT molecular complexity index is 459. The molecule has 0 spiro atoms. The lowest BCUT2D eigenvalue weighted by atomic mass is 9.84. The Morgan fingerprint density at radius 3 is 2.43 bits per heavy atom. The number of nitrogens with two attached hydrogens (primary N) is 1. The molecule has 0 aliphatic carbocycles. The average molecular weight is 290 g/mol. The maximum absolute atomic E-state index is 5.86. The normalized spacial score (nSPS) is 18.0. The van der Waals surface area contributed by atoms with Gasteiger partial charge in [0.1, 0.15) is 5.75 Å². The van der Waals surface area contributed by atoms with Gasteiger partial charge in [-0.3, -0.25) is 4.90 Å². The predicted octanol–water partition coefficient (Wildman–Crippen LogP) is 3.48. The second kappa shape index (κ2) is 6.80. The van der Waals surface area contributed by atoms with Crippen LogP contribution in [0.4, 0.5) is 0 Å². The quantitative estimate of drug-likeness (QED) is 0.902. The molecular weight excluding hydrogens is 260 g/mol. The van der Waals surface area contributed by atoms with Crippen molar-refractivity contribution in [2.45, 2.75) is 51.5 Å². The molecule has 0 saturated carbocycles. The summed E-state index contributed by atoms with van der Waals surface area (Å²) in [4.78, 5) is 2.58. The van der Waals surface area contributed by atoms with Crippen molar-refractivity contribution < 1.29 is 4.74 Å². The van der Waals surface area contributed by atoms with E-state index in [4.69, 9.17) is 10.5 Å². The molecule has 1 unspecified atom stereocenters. The number of hydrogen-bond acceptors (Lipinski definition) is 3. The zero-order valence-corrected chi connectivity index (χ0v) is 14.0. The van der Waals surface area contributed by atoms with Crippen LogP contribution in [0.15, 0.2) is 18.2 Å². The third kappa shape index (κ3) is 3.78. The molecule has 0 bridgehead atoms. The zero-order valence-electron chi connectivity index (χ0n) is 14.0. The minimum atomic E-state index is 0.0830. The van der Waals surface area contributed by atoms with E-state index in [1.807, 2.05) is 0 Å². The summed E-state index contributed by atoms with van der Waals surface area (Å²) in [6, 6.07) is 7.11. The number of nitrogens with zero attached hydrogens (tertiary/aromatic N) is 1. The number of methoxy groups -OCH3 is 1. The molecule has 1 fully saturated rings. The van der Waals surface area contributed by atoms with Gasteiger partial charge in [0.15, 0.2) is 0 Å². The highest BCUT2D eigenvalue weighted by molar-refractivity contribution is 5.42. The van der Waals surface area contributed by atoms with Crippen molar-refractivity contribution in [3.05, 3.63) is 29.3 Å². The van der Waals surface area contributed by atoms with Crippen molar-refractivity contribution in [2.24, 2.45) is 5.73 Å². The van der Waals surface area contributed by atoms with E-state index in [0.29, 0.717) is 6.04 Å². The largest absolute Gasteiger partial charge is 0.496 e. The molecule has 3 heteroatoms. The van der Waals surface area contributed by atoms with E-state index in [2.05, 4.69) is 43.9 Å². The van der Waals surface area contributed by atoms with Crippen LogP contribution in [-0.2, 0) is 5.41 Å². The summed E-state index contributed by atoms with van der Waals surface area (Å²) in [5, 5.41) is 0. The maximum Gasteiger partial charge on any atom is 0.122 e. The number of benzene rings is 1. The second-order valence-corrected chi connectivity index (χ2v) is 7.05. The van der Waals surface area contributed by atoms with Crippen LogP contribution >= 0.6 is 0 Å². The van der Waals surface area contributed by atoms with E-state index >= 15 is 0 Å². The van der Waals surface area contributed by atoms with Crippen molar-refractivity contribution >= 4 is 0 Å². The molecule has 1 atom stereocenters. The lowest BCUT2D eigenvalue weighted by Crippen LogP contribution is -2.28. The van der Waals surface area contributed by atoms with Gasteiger partial charge in [-0.2, -0.15) is 0 Å². The van der Waals surface area contributed by atoms with Crippen molar-refractivity contribution in [2.75, 3.05) is 26.7 Å². The first-order valence-electron chi connectivity index (χ1n) is 8.10. The number of rotatable bonds is 5. The van der Waals surface area contributed by atoms with Crippen LogP contribution in [-0.4, -0.2) is 31.6 Å². The van der Waals surface area contributed by atoms with Crippen LogP contribution in [0.3, 0.4) is 0 Å². The molecule has 1 aliphatic rings. The van der Waals surface area contributed by atoms with Gasteiger partial charge in [-0.1, -0.05) is 26.8 Å². The van der Waals surface area contributed by atoms with Crippen LogP contribution in [0.25, 0.3) is 0 Å². The lowest BCUT2D eigenvalue weighted by Gasteiger charge is -2.30. The number of hydrogen-bond donors (Lipinski definition) is 1. The summed E-state index contributed by atoms with van der Waals surface area (Å²) in [5.74, 6) is 0.985. The highest BCUT2D eigenvalue weighted by Crippen LogP contribution is 2.36. The molecule has 1 aliphatic heterocycles. The average Bonchev–Trinajstić information content (AvgIpc) is 2.97. The molecule has 1 aromatic carbocycles. The van der Waals surface area contributed by atoms with Gasteiger partial charge in [-0.25, -0.2) is 0 Å². The summed E-state index contributed by atoms with van der Waals surface area (Å²) in [7, 11) is 1.75. The molecule has 2 rings (SSSR count). The Morgan fingerprint density at radius 2 is 1.90 bits per heavy atom. The Balaban J connectivity index is 2.36. The van der Waals surface area contributed by atoms with Crippen LogP contribution in [0.1, 0.15) is 57.2 Å². The maximum atomic E-state index is 5.86. The summed E-state index contributed by atoms with van der Waals surface area (Å²) in [5.41, 5.74) is 8.61. The van der Waals surface area contributed by atoms with E-state index in [-0.39, 0.29) is 5.41 Å². The molecule has 1 heterocycles. The first-order chi connectivity index (χ1) is 9.97. The molecule has 0 radical (unpaired) electrons. The van der Waals surface area contributed by atoms with Crippen LogP contribution < -0.4 is 10.5 Å². The van der Waals surface area contributed by atoms with E-state index < -0.39 is 0 Å². The molecule has 118 valence electrons. The minimum absolute atomic E-state index is 0.0830. The Kier molecular flexibility index (Phi) is 5.28. The summed E-state index contributed by atoms with van der Waals surface area (Å²) in [6.07, 6.45) is 3.64. The van der Waals surface area contributed by atoms with Gasteiger partial charge in [0.05, 0.1) is 7.11 Å². The van der Waals surface area contributed by atoms with Gasteiger partial charge >= 0.3 is 0 Å². The summed E-state index contributed by atoms with van der Waals surface area (Å²) in [6.45, 7) is 9.84. The fraction of sp³-hybridized carbons (Fsp3) is 0.667. The minimum Gasteiger partial charge on any atom is -0.496 e. The topological polar surface area (TPSA) is 38.5 Å². The van der Waals surface area contributed by atoms with Crippen molar-refractivity contribution in [1.29, 1.82) is 0 Å². The van der Waals surface area contributed by atoms with E-state index in [1.165, 1.54) is 37.1 Å². The third-order valence-corrected chi connectivity index (χ3v) is 4.44. The standard InChI is InChI=1S/C18H30N2O/c1-18(2,3)15-13-14(7-8-17(15)21-4)16(9-10-19)20-11-5-6-12-20/h7-8,13,16H,5-6,9-12,19H2,1-4H3. The molecular formula is C18H30N2O. The third-order valence-electron chi connectivity index (χ3n) is 4.44. The van der Waals surface area contributed by atoms with Gasteiger partial charge in [0.2, 0.25) is 0 Å². The molecule has 3 nitrogen and oxygen atoms in total. The second-order valence-electron chi connectivity index (χ2n) is 7.05. The first kappa shape index (κ1) is 16.3. The summed E-state index contributed by atoms with van der Waals surface area (Å²) >= 11 is 0. The van der Waals surface area contributed by atoms with Gasteiger partial charge in [0, 0.05) is 6.04 Å². The Morgan fingerprint density at radius 1 is 1.24 bits per heavy atom. The Hall–Kier alpha value is -1.06. The molecule has 1 saturated heterocycles. The van der Waals surface area contributed by atoms with E-state index in [0.717, 1.165) is 18.7 Å². The molecule has 0 aromatic heterocycles. The predicted molar refractivity (Wildman–Crippen MR) is 88.9 cm³/mol. The zero-order chi connectivity index (χ0) is 15.5. The highest BCUT2D eigenvalue weighted by atomic mass is 16.5. The number of ether oxygens (including phenoxy) is 1.